The Morgan fingerprint density at radius 2 is 1.96 bits per heavy atom. The van der Waals surface area contributed by atoms with Crippen LogP contribution in [0.25, 0.3) is 10.9 Å². The molecule has 0 spiro atoms. The van der Waals surface area contributed by atoms with E-state index in [1.807, 2.05) is 30.7 Å². The molecule has 0 radical (unpaired) electrons. The Labute approximate surface area is 165 Å². The predicted octanol–water partition coefficient (Wildman–Crippen LogP) is 4.91. The van der Waals surface area contributed by atoms with Gasteiger partial charge in [-0.15, -0.1) is 0 Å². The van der Waals surface area contributed by atoms with Crippen molar-refractivity contribution in [1.29, 1.82) is 0 Å². The zero-order chi connectivity index (χ0) is 19.8. The quantitative estimate of drug-likeness (QED) is 0.477. The summed E-state index contributed by atoms with van der Waals surface area (Å²) in [6.07, 6.45) is 3.01. The van der Waals surface area contributed by atoms with Crippen LogP contribution in [-0.4, -0.2) is 24.5 Å². The van der Waals surface area contributed by atoms with E-state index in [9.17, 15) is 8.78 Å². The molecule has 2 heterocycles. The second-order valence-corrected chi connectivity index (χ2v) is 7.26. The molecule has 2 aromatic carbocycles. The van der Waals surface area contributed by atoms with E-state index < -0.39 is 11.6 Å². The Kier molecular flexibility index (Phi) is 4.85. The third kappa shape index (κ3) is 3.38. The summed E-state index contributed by atoms with van der Waals surface area (Å²) >= 11 is 6.13. The van der Waals surface area contributed by atoms with Crippen molar-refractivity contribution >= 4 is 22.5 Å². The van der Waals surface area contributed by atoms with Crippen LogP contribution in [0.15, 0.2) is 49.1 Å². The highest BCUT2D eigenvalue weighted by Gasteiger charge is 2.27. The fraction of sp³-hybridized carbons (Fsp3) is 0.250. The number of nitrogens with zero attached hydrogens (tertiary/aromatic N) is 5. The number of halogens is 3. The molecular formula is C20H18ClF2N5. The van der Waals surface area contributed by atoms with Gasteiger partial charge in [-0.05, 0) is 43.7 Å². The van der Waals surface area contributed by atoms with Gasteiger partial charge in [0.2, 0.25) is 0 Å². The van der Waals surface area contributed by atoms with Gasteiger partial charge in [-0.25, -0.2) is 13.8 Å². The van der Waals surface area contributed by atoms with Gasteiger partial charge in [-0.1, -0.05) is 17.7 Å². The van der Waals surface area contributed by atoms with Gasteiger partial charge in [0.1, 0.15) is 24.3 Å². The van der Waals surface area contributed by atoms with E-state index in [4.69, 9.17) is 16.7 Å². The average molecular weight is 402 g/mol. The molecule has 144 valence electrons. The van der Waals surface area contributed by atoms with E-state index >= 15 is 0 Å². The van der Waals surface area contributed by atoms with Gasteiger partial charge in [0.05, 0.1) is 18.1 Å². The lowest BCUT2D eigenvalue weighted by molar-refractivity contribution is 0.347. The highest BCUT2D eigenvalue weighted by Crippen LogP contribution is 2.34. The van der Waals surface area contributed by atoms with E-state index in [1.54, 1.807) is 17.1 Å². The van der Waals surface area contributed by atoms with E-state index in [1.165, 1.54) is 18.5 Å². The highest BCUT2D eigenvalue weighted by atomic mass is 35.5. The van der Waals surface area contributed by atoms with Gasteiger partial charge >= 0.3 is 0 Å². The third-order valence-corrected chi connectivity index (χ3v) is 5.32. The molecule has 0 bridgehead atoms. The summed E-state index contributed by atoms with van der Waals surface area (Å²) in [5, 5.41) is 10.4. The summed E-state index contributed by atoms with van der Waals surface area (Å²) in [6.45, 7) is 4.29. The van der Waals surface area contributed by atoms with Crippen LogP contribution in [0.2, 0.25) is 5.02 Å². The van der Waals surface area contributed by atoms with Gasteiger partial charge in [0.25, 0.3) is 0 Å². The molecule has 0 aliphatic heterocycles. The van der Waals surface area contributed by atoms with Crippen molar-refractivity contribution in [2.24, 2.45) is 0 Å². The molecule has 0 saturated carbocycles. The van der Waals surface area contributed by atoms with Crippen molar-refractivity contribution < 1.29 is 8.78 Å². The Morgan fingerprint density at radius 1 is 1.14 bits per heavy atom. The Balaban J connectivity index is 1.80. The molecule has 2 aromatic heterocycles. The lowest BCUT2D eigenvalue weighted by atomic mass is 9.91. The molecule has 5 nitrogen and oxygen atoms in total. The van der Waals surface area contributed by atoms with Crippen molar-refractivity contribution in [2.45, 2.75) is 32.4 Å². The van der Waals surface area contributed by atoms with E-state index in [0.717, 1.165) is 22.7 Å². The number of fused-ring (bicyclic) bond motifs is 1. The van der Waals surface area contributed by atoms with E-state index in [0.29, 0.717) is 17.1 Å². The molecule has 0 fully saturated rings. The summed E-state index contributed by atoms with van der Waals surface area (Å²) in [6, 6.07) is 8.95. The largest absolute Gasteiger partial charge is 0.265 e. The first-order chi connectivity index (χ1) is 13.4. The number of hydrogen-bond donors (Lipinski definition) is 0. The zero-order valence-corrected chi connectivity index (χ0v) is 16.1. The molecule has 0 unspecified atom stereocenters. The monoisotopic (exact) mass is 401 g/mol. The molecule has 28 heavy (non-hydrogen) atoms. The third-order valence-electron chi connectivity index (χ3n) is 5.09. The Morgan fingerprint density at radius 3 is 2.68 bits per heavy atom. The van der Waals surface area contributed by atoms with Crippen LogP contribution < -0.4 is 0 Å². The van der Waals surface area contributed by atoms with Crippen molar-refractivity contribution in [3.63, 3.8) is 0 Å². The van der Waals surface area contributed by atoms with Gasteiger partial charge in [0, 0.05) is 28.1 Å². The lowest BCUT2D eigenvalue weighted by Gasteiger charge is -2.26. The van der Waals surface area contributed by atoms with E-state index in [-0.39, 0.29) is 12.0 Å². The second-order valence-electron chi connectivity index (χ2n) is 6.82. The van der Waals surface area contributed by atoms with Gasteiger partial charge in [-0.2, -0.15) is 10.2 Å². The normalized spacial score (nSPS) is 13.8. The summed E-state index contributed by atoms with van der Waals surface area (Å²) in [7, 11) is 0. The summed E-state index contributed by atoms with van der Waals surface area (Å²) in [5.41, 5.74) is 2.14. The maximum Gasteiger partial charge on any atom is 0.137 e. The SMILES string of the molecule is Cc1c2cc(Cl)ccc2nn1[C@H](C)[C@@H](Cn1cncn1)c1ccc(F)cc1F. The van der Waals surface area contributed by atoms with Gasteiger partial charge in [-0.3, -0.25) is 9.36 Å². The van der Waals surface area contributed by atoms with Crippen LogP contribution in [-0.2, 0) is 6.54 Å². The van der Waals surface area contributed by atoms with Crippen LogP contribution in [0.1, 0.15) is 30.1 Å². The van der Waals surface area contributed by atoms with Crippen LogP contribution in [0, 0.1) is 18.6 Å². The van der Waals surface area contributed by atoms with Gasteiger partial charge < -0.3 is 0 Å². The van der Waals surface area contributed by atoms with Crippen molar-refractivity contribution in [3.8, 4) is 0 Å². The zero-order valence-electron chi connectivity index (χ0n) is 15.4. The predicted molar refractivity (Wildman–Crippen MR) is 103 cm³/mol. The number of aryl methyl sites for hydroxylation is 1. The van der Waals surface area contributed by atoms with Crippen molar-refractivity contribution in [2.75, 3.05) is 0 Å². The fourth-order valence-corrected chi connectivity index (χ4v) is 3.78. The molecule has 8 heteroatoms. The summed E-state index contributed by atoms with van der Waals surface area (Å²) < 4.78 is 31.6. The smallest absolute Gasteiger partial charge is 0.137 e. The number of hydrogen-bond acceptors (Lipinski definition) is 3. The average Bonchev–Trinajstić information content (AvgIpc) is 3.28. The molecule has 0 amide bonds. The standard InChI is InChI=1S/C20H18ClF2N5/c1-12-17-7-14(21)3-6-20(17)26-28(12)13(2)18(9-27-11-24-10-25-27)16-5-4-15(22)8-19(16)23/h3-8,10-11,13,18H,9H2,1-2H3/t13-,18-/m1/s1. The minimum absolute atomic E-state index is 0.227. The van der Waals surface area contributed by atoms with Crippen LogP contribution in [0.3, 0.4) is 0 Å². The second kappa shape index (κ2) is 7.31. The molecule has 0 saturated heterocycles. The van der Waals surface area contributed by atoms with Crippen molar-refractivity contribution in [3.05, 3.63) is 77.0 Å². The Hall–Kier alpha value is -2.80. The first-order valence-electron chi connectivity index (χ1n) is 8.86. The van der Waals surface area contributed by atoms with Crippen molar-refractivity contribution in [1.82, 2.24) is 24.5 Å². The molecule has 0 aliphatic carbocycles. The molecule has 0 N–H and O–H groups in total. The van der Waals surface area contributed by atoms with Crippen LogP contribution in [0.4, 0.5) is 8.78 Å². The maximum atomic E-state index is 14.6. The summed E-state index contributed by atoms with van der Waals surface area (Å²) in [5.74, 6) is -1.54. The summed E-state index contributed by atoms with van der Waals surface area (Å²) in [4.78, 5) is 3.96. The molecule has 4 aromatic rings. The topological polar surface area (TPSA) is 48.5 Å². The van der Waals surface area contributed by atoms with Gasteiger partial charge in [0.15, 0.2) is 0 Å². The number of rotatable bonds is 5. The van der Waals surface area contributed by atoms with E-state index in [2.05, 4.69) is 10.1 Å². The number of benzene rings is 2. The maximum absolute atomic E-state index is 14.6. The first kappa shape index (κ1) is 18.6. The highest BCUT2D eigenvalue weighted by molar-refractivity contribution is 6.31. The molecule has 2 atom stereocenters. The Bertz CT molecular complexity index is 1120. The molecule has 0 aliphatic rings. The number of aromatic nitrogens is 5. The first-order valence-corrected chi connectivity index (χ1v) is 9.23. The fourth-order valence-electron chi connectivity index (χ4n) is 3.61. The molecule has 4 rings (SSSR count). The minimum atomic E-state index is -0.607. The lowest BCUT2D eigenvalue weighted by Crippen LogP contribution is -2.23. The van der Waals surface area contributed by atoms with Crippen LogP contribution in [0.5, 0.6) is 0 Å². The minimum Gasteiger partial charge on any atom is -0.265 e. The molecular weight excluding hydrogens is 384 g/mol. The van der Waals surface area contributed by atoms with Crippen LogP contribution >= 0.6 is 11.6 Å².